The van der Waals surface area contributed by atoms with Gasteiger partial charge >= 0.3 is 0 Å². The van der Waals surface area contributed by atoms with Crippen LogP contribution in [0.3, 0.4) is 0 Å². The standard InChI is InChI=1S/C17H29N3O.HI/c1-13(2)10-19-17(18-5)20-11-15-6-8-16(9-7-15)21-12-14(3)4;/h6-9,13-14H,10-12H2,1-5H3,(H2,18,19,20);1H. The summed E-state index contributed by atoms with van der Waals surface area (Å²) in [6.07, 6.45) is 0. The van der Waals surface area contributed by atoms with Crippen molar-refractivity contribution in [2.75, 3.05) is 20.2 Å². The quantitative estimate of drug-likeness (QED) is 0.403. The molecular formula is C17H30IN3O. The summed E-state index contributed by atoms with van der Waals surface area (Å²) in [7, 11) is 1.79. The first-order valence-corrected chi connectivity index (χ1v) is 7.67. The van der Waals surface area contributed by atoms with E-state index >= 15 is 0 Å². The van der Waals surface area contributed by atoms with Crippen LogP contribution in [0.15, 0.2) is 29.3 Å². The van der Waals surface area contributed by atoms with Gasteiger partial charge in [0, 0.05) is 20.1 Å². The molecule has 0 spiro atoms. The maximum absolute atomic E-state index is 5.68. The maximum atomic E-state index is 5.68. The fraction of sp³-hybridized carbons (Fsp3) is 0.588. The Morgan fingerprint density at radius 1 is 1.05 bits per heavy atom. The van der Waals surface area contributed by atoms with Crippen LogP contribution in [0, 0.1) is 11.8 Å². The summed E-state index contributed by atoms with van der Waals surface area (Å²) < 4.78 is 5.68. The fourth-order valence-corrected chi connectivity index (χ4v) is 1.67. The lowest BCUT2D eigenvalue weighted by atomic mass is 10.2. The van der Waals surface area contributed by atoms with Gasteiger partial charge < -0.3 is 15.4 Å². The molecule has 22 heavy (non-hydrogen) atoms. The number of guanidine groups is 1. The number of aliphatic imine (C=N–C) groups is 1. The Balaban J connectivity index is 0.00000441. The normalized spacial score (nSPS) is 11.3. The van der Waals surface area contributed by atoms with Crippen LogP contribution in [-0.2, 0) is 6.54 Å². The molecule has 1 aromatic carbocycles. The number of hydrogen-bond donors (Lipinski definition) is 2. The van der Waals surface area contributed by atoms with Crippen molar-refractivity contribution >= 4 is 29.9 Å². The number of nitrogens with one attached hydrogen (secondary N) is 2. The zero-order chi connectivity index (χ0) is 15.7. The number of benzene rings is 1. The third kappa shape index (κ3) is 9.12. The average Bonchev–Trinajstić information content (AvgIpc) is 2.46. The molecule has 0 aliphatic carbocycles. The molecule has 0 aliphatic heterocycles. The van der Waals surface area contributed by atoms with E-state index in [2.05, 4.69) is 55.5 Å². The van der Waals surface area contributed by atoms with E-state index in [1.807, 2.05) is 12.1 Å². The molecule has 0 amide bonds. The van der Waals surface area contributed by atoms with Crippen molar-refractivity contribution in [1.82, 2.24) is 10.6 Å². The maximum Gasteiger partial charge on any atom is 0.191 e. The smallest absolute Gasteiger partial charge is 0.191 e. The van der Waals surface area contributed by atoms with Crippen molar-refractivity contribution in [1.29, 1.82) is 0 Å². The van der Waals surface area contributed by atoms with E-state index in [4.69, 9.17) is 4.74 Å². The summed E-state index contributed by atoms with van der Waals surface area (Å²) in [4.78, 5) is 4.21. The minimum Gasteiger partial charge on any atom is -0.493 e. The third-order valence-corrected chi connectivity index (χ3v) is 2.87. The van der Waals surface area contributed by atoms with Crippen LogP contribution >= 0.6 is 24.0 Å². The molecule has 2 N–H and O–H groups in total. The van der Waals surface area contributed by atoms with Gasteiger partial charge in [0.15, 0.2) is 5.96 Å². The van der Waals surface area contributed by atoms with Gasteiger partial charge in [-0.1, -0.05) is 39.8 Å². The molecule has 0 saturated carbocycles. The monoisotopic (exact) mass is 419 g/mol. The summed E-state index contributed by atoms with van der Waals surface area (Å²) in [5.74, 6) is 2.90. The molecule has 0 aromatic heterocycles. The highest BCUT2D eigenvalue weighted by molar-refractivity contribution is 14.0. The van der Waals surface area contributed by atoms with Gasteiger partial charge in [0.1, 0.15) is 5.75 Å². The van der Waals surface area contributed by atoms with E-state index in [9.17, 15) is 0 Å². The van der Waals surface area contributed by atoms with Crippen molar-refractivity contribution in [2.24, 2.45) is 16.8 Å². The minimum atomic E-state index is 0. The highest BCUT2D eigenvalue weighted by Crippen LogP contribution is 2.13. The van der Waals surface area contributed by atoms with Gasteiger partial charge in [-0.15, -0.1) is 24.0 Å². The Morgan fingerprint density at radius 3 is 2.18 bits per heavy atom. The molecule has 1 rings (SSSR count). The number of ether oxygens (including phenoxy) is 1. The molecule has 0 saturated heterocycles. The van der Waals surface area contributed by atoms with Crippen molar-refractivity contribution in [3.05, 3.63) is 29.8 Å². The highest BCUT2D eigenvalue weighted by Gasteiger charge is 2.01. The minimum absolute atomic E-state index is 0. The van der Waals surface area contributed by atoms with E-state index in [-0.39, 0.29) is 24.0 Å². The Morgan fingerprint density at radius 2 is 1.68 bits per heavy atom. The number of hydrogen-bond acceptors (Lipinski definition) is 2. The molecule has 0 radical (unpaired) electrons. The second kappa shape index (κ2) is 11.6. The first-order valence-electron chi connectivity index (χ1n) is 7.67. The van der Waals surface area contributed by atoms with Gasteiger partial charge in [0.05, 0.1) is 6.61 Å². The molecule has 0 unspecified atom stereocenters. The van der Waals surface area contributed by atoms with Crippen LogP contribution in [0.4, 0.5) is 0 Å². The van der Waals surface area contributed by atoms with Crippen molar-refractivity contribution in [2.45, 2.75) is 34.2 Å². The number of rotatable bonds is 7. The molecular weight excluding hydrogens is 389 g/mol. The predicted octanol–water partition coefficient (Wildman–Crippen LogP) is 3.66. The molecule has 0 bridgehead atoms. The highest BCUT2D eigenvalue weighted by atomic mass is 127. The number of halogens is 1. The van der Waals surface area contributed by atoms with Gasteiger partial charge in [-0.25, -0.2) is 0 Å². The zero-order valence-electron chi connectivity index (χ0n) is 14.3. The first kappa shape index (κ1) is 21.0. The van der Waals surface area contributed by atoms with Gasteiger partial charge in [-0.2, -0.15) is 0 Å². The average molecular weight is 419 g/mol. The lowest BCUT2D eigenvalue weighted by Gasteiger charge is -2.14. The van der Waals surface area contributed by atoms with E-state index in [0.717, 1.165) is 31.4 Å². The topological polar surface area (TPSA) is 45.7 Å². The lowest BCUT2D eigenvalue weighted by Crippen LogP contribution is -2.38. The van der Waals surface area contributed by atoms with E-state index in [0.29, 0.717) is 11.8 Å². The summed E-state index contributed by atoms with van der Waals surface area (Å²) in [5.41, 5.74) is 1.21. The van der Waals surface area contributed by atoms with Crippen LogP contribution in [0.1, 0.15) is 33.3 Å². The molecule has 126 valence electrons. The largest absolute Gasteiger partial charge is 0.493 e. The molecule has 5 heteroatoms. The lowest BCUT2D eigenvalue weighted by molar-refractivity contribution is 0.271. The Kier molecular flexibility index (Phi) is 11.1. The summed E-state index contributed by atoms with van der Waals surface area (Å²) in [5, 5.41) is 6.61. The van der Waals surface area contributed by atoms with Crippen LogP contribution in [0.2, 0.25) is 0 Å². The third-order valence-electron chi connectivity index (χ3n) is 2.87. The van der Waals surface area contributed by atoms with E-state index in [1.165, 1.54) is 5.56 Å². The number of nitrogens with zero attached hydrogens (tertiary/aromatic N) is 1. The Hall–Kier alpha value is -0.980. The van der Waals surface area contributed by atoms with E-state index < -0.39 is 0 Å². The second-order valence-corrected chi connectivity index (χ2v) is 6.05. The second-order valence-electron chi connectivity index (χ2n) is 6.05. The SMILES string of the molecule is CN=C(NCc1ccc(OCC(C)C)cc1)NCC(C)C.I. The molecule has 0 aliphatic rings. The Labute approximate surface area is 152 Å². The summed E-state index contributed by atoms with van der Waals surface area (Å²) in [6.45, 7) is 11.1. The summed E-state index contributed by atoms with van der Waals surface area (Å²) in [6, 6.07) is 8.20. The van der Waals surface area contributed by atoms with Gasteiger partial charge in [0.25, 0.3) is 0 Å². The van der Waals surface area contributed by atoms with Crippen molar-refractivity contribution in [3.63, 3.8) is 0 Å². The molecule has 0 atom stereocenters. The zero-order valence-corrected chi connectivity index (χ0v) is 16.7. The Bertz CT molecular complexity index is 430. The van der Waals surface area contributed by atoms with Crippen LogP contribution in [0.25, 0.3) is 0 Å². The summed E-state index contributed by atoms with van der Waals surface area (Å²) >= 11 is 0. The first-order chi connectivity index (χ1) is 10.0. The molecule has 0 fully saturated rings. The van der Waals surface area contributed by atoms with Gasteiger partial charge in [-0.05, 0) is 29.5 Å². The van der Waals surface area contributed by atoms with Crippen LogP contribution in [0.5, 0.6) is 5.75 Å². The van der Waals surface area contributed by atoms with Crippen molar-refractivity contribution < 1.29 is 4.74 Å². The van der Waals surface area contributed by atoms with Crippen LogP contribution < -0.4 is 15.4 Å². The molecule has 0 heterocycles. The van der Waals surface area contributed by atoms with E-state index in [1.54, 1.807) is 7.05 Å². The molecule has 1 aromatic rings. The van der Waals surface area contributed by atoms with Gasteiger partial charge in [0.2, 0.25) is 0 Å². The predicted molar refractivity (Wildman–Crippen MR) is 105 cm³/mol. The fourth-order valence-electron chi connectivity index (χ4n) is 1.67. The van der Waals surface area contributed by atoms with Crippen molar-refractivity contribution in [3.8, 4) is 5.75 Å². The molecule has 4 nitrogen and oxygen atoms in total. The van der Waals surface area contributed by atoms with Gasteiger partial charge in [-0.3, -0.25) is 4.99 Å². The van der Waals surface area contributed by atoms with Crippen LogP contribution in [-0.4, -0.2) is 26.2 Å².